The minimum atomic E-state index is -0.413. The molecule has 0 bridgehead atoms. The van der Waals surface area contributed by atoms with Gasteiger partial charge in [0, 0.05) is 5.02 Å². The van der Waals surface area contributed by atoms with Gasteiger partial charge < -0.3 is 5.32 Å². The van der Waals surface area contributed by atoms with Crippen LogP contribution >= 0.6 is 23.2 Å². The average Bonchev–Trinajstić information content (AvgIpc) is 2.44. The van der Waals surface area contributed by atoms with Gasteiger partial charge in [0.15, 0.2) is 5.82 Å². The number of benzene rings is 2. The first-order chi connectivity index (χ1) is 9.61. The molecule has 1 N–H and O–H groups in total. The van der Waals surface area contributed by atoms with Crippen molar-refractivity contribution in [1.82, 2.24) is 0 Å². The van der Waals surface area contributed by atoms with Crippen molar-refractivity contribution in [3.63, 3.8) is 0 Å². The zero-order valence-electron chi connectivity index (χ0n) is 11.2. The topological polar surface area (TPSA) is 12.0 Å². The lowest BCUT2D eigenvalue weighted by molar-refractivity contribution is 0.618. The SMILES string of the molecule is CCCC(Nc1cccc(Cl)c1F)c1ccc(Cl)cc1. The van der Waals surface area contributed by atoms with Crippen LogP contribution in [0.15, 0.2) is 42.5 Å². The second kappa shape index (κ2) is 6.96. The zero-order valence-corrected chi connectivity index (χ0v) is 12.7. The molecule has 2 aromatic rings. The molecule has 1 unspecified atom stereocenters. The number of nitrogens with one attached hydrogen (secondary N) is 1. The highest BCUT2D eigenvalue weighted by Gasteiger charge is 2.14. The maximum atomic E-state index is 14.0. The maximum Gasteiger partial charge on any atom is 0.164 e. The Balaban J connectivity index is 2.25. The molecule has 0 aliphatic carbocycles. The Hall–Kier alpha value is -1.25. The van der Waals surface area contributed by atoms with Crippen LogP contribution in [0.2, 0.25) is 10.0 Å². The van der Waals surface area contributed by atoms with Crippen LogP contribution in [0.5, 0.6) is 0 Å². The van der Waals surface area contributed by atoms with Gasteiger partial charge in [0.05, 0.1) is 16.8 Å². The van der Waals surface area contributed by atoms with Gasteiger partial charge in [-0.05, 0) is 36.2 Å². The van der Waals surface area contributed by atoms with E-state index in [0.29, 0.717) is 10.7 Å². The van der Waals surface area contributed by atoms with E-state index in [0.717, 1.165) is 18.4 Å². The standard InChI is InChI=1S/C16H16Cl2FN/c1-2-4-14(11-7-9-12(17)10-8-11)20-15-6-3-5-13(18)16(15)19/h3,5-10,14,20H,2,4H2,1H3. The van der Waals surface area contributed by atoms with E-state index in [4.69, 9.17) is 23.2 Å². The van der Waals surface area contributed by atoms with Crippen molar-refractivity contribution in [1.29, 1.82) is 0 Å². The van der Waals surface area contributed by atoms with Crippen LogP contribution in [0.3, 0.4) is 0 Å². The molecule has 2 rings (SSSR count). The molecule has 106 valence electrons. The fourth-order valence-electron chi connectivity index (χ4n) is 2.11. The largest absolute Gasteiger partial charge is 0.376 e. The van der Waals surface area contributed by atoms with Crippen molar-refractivity contribution in [2.24, 2.45) is 0 Å². The normalized spacial score (nSPS) is 12.2. The predicted octanol–water partition coefficient (Wildman–Crippen LogP) is 6.09. The fourth-order valence-corrected chi connectivity index (χ4v) is 2.41. The highest BCUT2D eigenvalue weighted by Crippen LogP contribution is 2.29. The van der Waals surface area contributed by atoms with Crippen LogP contribution in [0, 0.1) is 5.82 Å². The molecule has 0 aliphatic heterocycles. The smallest absolute Gasteiger partial charge is 0.164 e. The summed E-state index contributed by atoms with van der Waals surface area (Å²) in [5.41, 5.74) is 1.50. The summed E-state index contributed by atoms with van der Waals surface area (Å²) in [7, 11) is 0. The molecule has 4 heteroatoms. The molecule has 0 aliphatic rings. The van der Waals surface area contributed by atoms with Gasteiger partial charge in [-0.3, -0.25) is 0 Å². The predicted molar refractivity (Wildman–Crippen MR) is 84.1 cm³/mol. The van der Waals surface area contributed by atoms with Gasteiger partial charge in [-0.2, -0.15) is 0 Å². The molecule has 20 heavy (non-hydrogen) atoms. The van der Waals surface area contributed by atoms with Crippen molar-refractivity contribution < 1.29 is 4.39 Å². The van der Waals surface area contributed by atoms with Crippen LogP contribution in [-0.2, 0) is 0 Å². The molecule has 0 aromatic heterocycles. The van der Waals surface area contributed by atoms with E-state index in [2.05, 4.69) is 12.2 Å². The molecule has 0 amide bonds. The third-order valence-corrected chi connectivity index (χ3v) is 3.67. The summed E-state index contributed by atoms with van der Waals surface area (Å²) in [6, 6.07) is 12.6. The van der Waals surface area contributed by atoms with Gasteiger partial charge in [0.2, 0.25) is 0 Å². The summed E-state index contributed by atoms with van der Waals surface area (Å²) in [6.07, 6.45) is 1.88. The molecule has 1 atom stereocenters. The van der Waals surface area contributed by atoms with E-state index >= 15 is 0 Å². The lowest BCUT2D eigenvalue weighted by Crippen LogP contribution is -2.11. The number of rotatable bonds is 5. The molecular formula is C16H16Cl2FN. The van der Waals surface area contributed by atoms with Crippen molar-refractivity contribution >= 4 is 28.9 Å². The highest BCUT2D eigenvalue weighted by atomic mass is 35.5. The quantitative estimate of drug-likeness (QED) is 0.705. The average molecular weight is 312 g/mol. The van der Waals surface area contributed by atoms with E-state index in [1.165, 1.54) is 0 Å². The molecule has 0 heterocycles. The molecule has 0 radical (unpaired) electrons. The first-order valence-corrected chi connectivity index (χ1v) is 7.33. The monoisotopic (exact) mass is 311 g/mol. The Bertz CT molecular complexity index is 569. The van der Waals surface area contributed by atoms with Crippen LogP contribution < -0.4 is 5.32 Å². The van der Waals surface area contributed by atoms with Crippen molar-refractivity contribution in [2.45, 2.75) is 25.8 Å². The molecule has 1 nitrogen and oxygen atoms in total. The summed E-state index contributed by atoms with van der Waals surface area (Å²) in [6.45, 7) is 2.10. The van der Waals surface area contributed by atoms with Gasteiger partial charge in [-0.15, -0.1) is 0 Å². The van der Waals surface area contributed by atoms with Gasteiger partial charge in [0.1, 0.15) is 0 Å². The van der Waals surface area contributed by atoms with E-state index < -0.39 is 5.82 Å². The van der Waals surface area contributed by atoms with Gasteiger partial charge >= 0.3 is 0 Å². The van der Waals surface area contributed by atoms with E-state index in [-0.39, 0.29) is 11.1 Å². The second-order valence-electron chi connectivity index (χ2n) is 4.64. The fraction of sp³-hybridized carbons (Fsp3) is 0.250. The summed E-state index contributed by atoms with van der Waals surface area (Å²) in [5, 5.41) is 4.04. The van der Waals surface area contributed by atoms with Gasteiger partial charge in [-0.1, -0.05) is 54.7 Å². The van der Waals surface area contributed by atoms with Crippen LogP contribution in [-0.4, -0.2) is 0 Å². The van der Waals surface area contributed by atoms with Crippen molar-refractivity contribution in [3.8, 4) is 0 Å². The number of hydrogen-bond donors (Lipinski definition) is 1. The lowest BCUT2D eigenvalue weighted by atomic mass is 10.0. The van der Waals surface area contributed by atoms with E-state index in [1.807, 2.05) is 24.3 Å². The summed E-state index contributed by atoms with van der Waals surface area (Å²) in [5.74, 6) is -0.413. The maximum absolute atomic E-state index is 14.0. The van der Waals surface area contributed by atoms with Crippen LogP contribution in [0.4, 0.5) is 10.1 Å². The molecule has 2 aromatic carbocycles. The van der Waals surface area contributed by atoms with Crippen LogP contribution in [0.25, 0.3) is 0 Å². The first kappa shape index (κ1) is 15.1. The van der Waals surface area contributed by atoms with E-state index in [9.17, 15) is 4.39 Å². The Kier molecular flexibility index (Phi) is 5.27. The second-order valence-corrected chi connectivity index (χ2v) is 5.48. The molecule has 0 fully saturated rings. The lowest BCUT2D eigenvalue weighted by Gasteiger charge is -2.20. The van der Waals surface area contributed by atoms with Crippen molar-refractivity contribution in [2.75, 3.05) is 5.32 Å². The summed E-state index contributed by atoms with van der Waals surface area (Å²) in [4.78, 5) is 0. The minimum Gasteiger partial charge on any atom is -0.376 e. The Morgan fingerprint density at radius 2 is 1.80 bits per heavy atom. The first-order valence-electron chi connectivity index (χ1n) is 6.58. The van der Waals surface area contributed by atoms with Crippen LogP contribution in [0.1, 0.15) is 31.4 Å². The molecular weight excluding hydrogens is 296 g/mol. The summed E-state index contributed by atoms with van der Waals surface area (Å²) >= 11 is 11.7. The third-order valence-electron chi connectivity index (χ3n) is 3.13. The molecule has 0 saturated heterocycles. The Labute approximate surface area is 128 Å². The number of halogens is 3. The zero-order chi connectivity index (χ0) is 14.5. The molecule has 0 spiro atoms. The van der Waals surface area contributed by atoms with E-state index in [1.54, 1.807) is 18.2 Å². The highest BCUT2D eigenvalue weighted by molar-refractivity contribution is 6.31. The minimum absolute atomic E-state index is 0.0326. The molecule has 0 saturated carbocycles. The van der Waals surface area contributed by atoms with Gasteiger partial charge in [0.25, 0.3) is 0 Å². The van der Waals surface area contributed by atoms with Gasteiger partial charge in [-0.25, -0.2) is 4.39 Å². The van der Waals surface area contributed by atoms with Crippen molar-refractivity contribution in [3.05, 3.63) is 63.9 Å². The number of hydrogen-bond acceptors (Lipinski definition) is 1. The number of anilines is 1. The Morgan fingerprint density at radius 1 is 1.10 bits per heavy atom. The Morgan fingerprint density at radius 3 is 2.45 bits per heavy atom. The summed E-state index contributed by atoms with van der Waals surface area (Å²) < 4.78 is 14.0. The third kappa shape index (κ3) is 3.65.